The summed E-state index contributed by atoms with van der Waals surface area (Å²) in [7, 11) is 0. The Kier molecular flexibility index (Phi) is 6.53. The second-order valence-corrected chi connectivity index (χ2v) is 7.06. The smallest absolute Gasteiger partial charge is 0.247 e. The Bertz CT molecular complexity index is 837. The molecule has 2 aromatic rings. The monoisotopic (exact) mass is 380 g/mol. The molecule has 6 heteroatoms. The minimum absolute atomic E-state index is 0.120. The molecule has 3 N–H and O–H groups in total. The molecule has 2 aromatic carbocycles. The molecule has 0 fully saturated rings. The largest absolute Gasteiger partial charge is 0.372 e. The maximum absolute atomic E-state index is 12.3. The van der Waals surface area contributed by atoms with E-state index >= 15 is 0 Å². The molecular weight excluding hydrogens is 352 g/mol. The molecule has 1 aliphatic rings. The van der Waals surface area contributed by atoms with Gasteiger partial charge in [-0.25, -0.2) is 0 Å². The fourth-order valence-electron chi connectivity index (χ4n) is 3.38. The van der Waals surface area contributed by atoms with Crippen LogP contribution in [0.5, 0.6) is 0 Å². The van der Waals surface area contributed by atoms with Crippen LogP contribution in [0, 0.1) is 6.92 Å². The van der Waals surface area contributed by atoms with E-state index in [0.717, 1.165) is 30.9 Å². The van der Waals surface area contributed by atoms with E-state index in [1.807, 2.05) is 24.3 Å². The number of fused-ring (bicyclic) bond motifs is 1. The van der Waals surface area contributed by atoms with Crippen molar-refractivity contribution in [3.8, 4) is 0 Å². The number of benzene rings is 2. The lowest BCUT2D eigenvalue weighted by atomic mass is 10.1. The van der Waals surface area contributed by atoms with Gasteiger partial charge < -0.3 is 20.9 Å². The molecular formula is C22H28N4O2. The molecule has 148 valence electrons. The van der Waals surface area contributed by atoms with Gasteiger partial charge in [-0.05, 0) is 50.1 Å². The Morgan fingerprint density at radius 3 is 2.68 bits per heavy atom. The van der Waals surface area contributed by atoms with Crippen molar-refractivity contribution in [2.24, 2.45) is 0 Å². The number of hydrogen-bond acceptors (Lipinski definition) is 4. The van der Waals surface area contributed by atoms with Crippen LogP contribution in [0.1, 0.15) is 25.3 Å². The lowest BCUT2D eigenvalue weighted by Crippen LogP contribution is -2.42. The first-order valence-electron chi connectivity index (χ1n) is 9.81. The zero-order valence-electron chi connectivity index (χ0n) is 16.5. The summed E-state index contributed by atoms with van der Waals surface area (Å²) in [6.07, 6.45) is 0.968. The second-order valence-electron chi connectivity index (χ2n) is 7.06. The third-order valence-corrected chi connectivity index (χ3v) is 4.90. The van der Waals surface area contributed by atoms with Gasteiger partial charge in [0.2, 0.25) is 11.8 Å². The van der Waals surface area contributed by atoms with E-state index < -0.39 is 6.04 Å². The van der Waals surface area contributed by atoms with Gasteiger partial charge in [0.05, 0.1) is 17.8 Å². The van der Waals surface area contributed by atoms with Crippen LogP contribution in [-0.2, 0) is 9.59 Å². The average molecular weight is 380 g/mol. The lowest BCUT2D eigenvalue weighted by Gasteiger charge is -2.26. The van der Waals surface area contributed by atoms with Crippen molar-refractivity contribution in [2.45, 2.75) is 32.7 Å². The first-order chi connectivity index (χ1) is 13.6. The van der Waals surface area contributed by atoms with E-state index in [1.54, 1.807) is 0 Å². The molecule has 3 rings (SSSR count). The maximum atomic E-state index is 12.3. The molecule has 0 bridgehead atoms. The third kappa shape index (κ3) is 5.03. The predicted molar refractivity (Wildman–Crippen MR) is 114 cm³/mol. The van der Waals surface area contributed by atoms with E-state index in [2.05, 4.69) is 59.0 Å². The van der Waals surface area contributed by atoms with Crippen LogP contribution in [0.4, 0.5) is 17.1 Å². The standard InChI is InChI=1S/C22H28N4O2/c1-3-26(17-9-6-8-16(2)14-17)13-7-12-23-21(27)15-20-22(28)25-19-11-5-4-10-18(19)24-20/h4-6,8-11,14,20,24H,3,7,12-13,15H2,1-2H3,(H,23,27)(H,25,28). The van der Waals surface area contributed by atoms with Crippen LogP contribution in [-0.4, -0.2) is 37.5 Å². The summed E-state index contributed by atoms with van der Waals surface area (Å²) in [5.41, 5.74) is 4.04. The number of carbonyl (C=O) groups excluding carboxylic acids is 2. The van der Waals surface area contributed by atoms with Crippen molar-refractivity contribution < 1.29 is 9.59 Å². The van der Waals surface area contributed by atoms with Crippen LogP contribution in [0.15, 0.2) is 48.5 Å². The highest BCUT2D eigenvalue weighted by Crippen LogP contribution is 2.26. The van der Waals surface area contributed by atoms with Crippen molar-refractivity contribution in [2.75, 3.05) is 35.2 Å². The van der Waals surface area contributed by atoms with Crippen molar-refractivity contribution >= 4 is 28.9 Å². The molecule has 6 nitrogen and oxygen atoms in total. The summed E-state index contributed by atoms with van der Waals surface area (Å²) in [6.45, 7) is 6.60. The van der Waals surface area contributed by atoms with E-state index in [0.29, 0.717) is 6.54 Å². The van der Waals surface area contributed by atoms with Crippen LogP contribution < -0.4 is 20.9 Å². The van der Waals surface area contributed by atoms with Crippen LogP contribution in [0.2, 0.25) is 0 Å². The van der Waals surface area contributed by atoms with Gasteiger partial charge in [-0.3, -0.25) is 9.59 Å². The number of rotatable bonds is 8. The fraction of sp³-hybridized carbons (Fsp3) is 0.364. The third-order valence-electron chi connectivity index (χ3n) is 4.90. The molecule has 2 amide bonds. The Hall–Kier alpha value is -3.02. The second kappa shape index (κ2) is 9.26. The summed E-state index contributed by atoms with van der Waals surface area (Å²) >= 11 is 0. The number of amides is 2. The van der Waals surface area contributed by atoms with Gasteiger partial charge in [-0.2, -0.15) is 0 Å². The highest BCUT2D eigenvalue weighted by Gasteiger charge is 2.27. The number of nitrogens with one attached hydrogen (secondary N) is 3. The minimum atomic E-state index is -0.547. The van der Waals surface area contributed by atoms with Crippen molar-refractivity contribution in [1.29, 1.82) is 0 Å². The topological polar surface area (TPSA) is 73.5 Å². The van der Waals surface area contributed by atoms with Crippen LogP contribution >= 0.6 is 0 Å². The number of anilines is 3. The molecule has 0 aliphatic carbocycles. The molecule has 0 saturated heterocycles. The maximum Gasteiger partial charge on any atom is 0.247 e. The minimum Gasteiger partial charge on any atom is -0.372 e. The van der Waals surface area contributed by atoms with Gasteiger partial charge in [0.15, 0.2) is 0 Å². The predicted octanol–water partition coefficient (Wildman–Crippen LogP) is 3.15. The molecule has 0 radical (unpaired) electrons. The summed E-state index contributed by atoms with van der Waals surface area (Å²) in [5.74, 6) is -0.295. The number of nitrogens with zero attached hydrogens (tertiary/aromatic N) is 1. The Morgan fingerprint density at radius 1 is 1.14 bits per heavy atom. The van der Waals surface area contributed by atoms with Crippen molar-refractivity contribution in [3.63, 3.8) is 0 Å². The number of carbonyl (C=O) groups is 2. The first kappa shape index (κ1) is 19.7. The molecule has 1 atom stereocenters. The molecule has 0 saturated carbocycles. The van der Waals surface area contributed by atoms with Crippen molar-refractivity contribution in [3.05, 3.63) is 54.1 Å². The zero-order chi connectivity index (χ0) is 19.9. The number of para-hydroxylation sites is 2. The van der Waals surface area contributed by atoms with Gasteiger partial charge in [0.1, 0.15) is 6.04 Å². The molecule has 1 aliphatic heterocycles. The zero-order valence-corrected chi connectivity index (χ0v) is 16.5. The van der Waals surface area contributed by atoms with Gasteiger partial charge in [0.25, 0.3) is 0 Å². The lowest BCUT2D eigenvalue weighted by molar-refractivity contribution is -0.125. The summed E-state index contributed by atoms with van der Waals surface area (Å²) in [4.78, 5) is 26.7. The average Bonchev–Trinajstić information content (AvgIpc) is 2.68. The van der Waals surface area contributed by atoms with E-state index in [4.69, 9.17) is 0 Å². The van der Waals surface area contributed by atoms with Crippen molar-refractivity contribution in [1.82, 2.24) is 5.32 Å². The van der Waals surface area contributed by atoms with E-state index in [-0.39, 0.29) is 18.2 Å². The van der Waals surface area contributed by atoms with Gasteiger partial charge in [0, 0.05) is 25.3 Å². The normalized spacial score (nSPS) is 15.2. The molecule has 1 heterocycles. The molecule has 0 aromatic heterocycles. The summed E-state index contributed by atoms with van der Waals surface area (Å²) in [5, 5.41) is 8.91. The quantitative estimate of drug-likeness (QED) is 0.615. The SMILES string of the molecule is CCN(CCCNC(=O)CC1Nc2ccccc2NC1=O)c1cccc(C)c1. The Balaban J connectivity index is 1.43. The van der Waals surface area contributed by atoms with Gasteiger partial charge in [-0.15, -0.1) is 0 Å². The fourth-order valence-corrected chi connectivity index (χ4v) is 3.38. The number of hydrogen-bond donors (Lipinski definition) is 3. The molecule has 28 heavy (non-hydrogen) atoms. The van der Waals surface area contributed by atoms with Crippen LogP contribution in [0.3, 0.4) is 0 Å². The summed E-state index contributed by atoms with van der Waals surface area (Å²) in [6, 6.07) is 15.4. The van der Waals surface area contributed by atoms with Gasteiger partial charge >= 0.3 is 0 Å². The van der Waals surface area contributed by atoms with Crippen LogP contribution in [0.25, 0.3) is 0 Å². The first-order valence-corrected chi connectivity index (χ1v) is 9.81. The highest BCUT2D eigenvalue weighted by molar-refractivity contribution is 6.04. The molecule has 0 spiro atoms. The highest BCUT2D eigenvalue weighted by atomic mass is 16.2. The summed E-state index contributed by atoms with van der Waals surface area (Å²) < 4.78 is 0. The van der Waals surface area contributed by atoms with Gasteiger partial charge in [-0.1, -0.05) is 24.3 Å². The Morgan fingerprint density at radius 2 is 1.93 bits per heavy atom. The molecule has 1 unspecified atom stereocenters. The van der Waals surface area contributed by atoms with E-state index in [1.165, 1.54) is 11.3 Å². The number of aryl methyl sites for hydroxylation is 1. The van der Waals surface area contributed by atoms with E-state index in [9.17, 15) is 9.59 Å². The Labute approximate surface area is 166 Å².